The summed E-state index contributed by atoms with van der Waals surface area (Å²) in [6, 6.07) is 0. The molecule has 8 nitrogen and oxygen atoms in total. The van der Waals surface area contributed by atoms with Gasteiger partial charge < -0.3 is 33.9 Å². The molecule has 0 aromatic heterocycles. The van der Waals surface area contributed by atoms with E-state index >= 15 is 0 Å². The van der Waals surface area contributed by atoms with E-state index in [-0.39, 0.29) is 30.7 Å². The van der Waals surface area contributed by atoms with Crippen LogP contribution in [0.4, 0.5) is 0 Å². The Kier molecular flexibility index (Phi) is 9.58. The number of aliphatic hydroxyl groups excluding tert-OH is 1. The number of carbonyl (C=O) groups is 1. The molecule has 0 saturated carbocycles. The topological polar surface area (TPSA) is 104 Å². The zero-order valence-corrected chi connectivity index (χ0v) is 26.7. The molecule has 43 heavy (non-hydrogen) atoms. The van der Waals surface area contributed by atoms with Crippen LogP contribution in [-0.4, -0.2) is 77.9 Å². The summed E-state index contributed by atoms with van der Waals surface area (Å²) in [6.07, 6.45) is 13.0. The van der Waals surface area contributed by atoms with E-state index in [2.05, 4.69) is 26.8 Å². The lowest BCUT2D eigenvalue weighted by Crippen LogP contribution is -2.58. The Morgan fingerprint density at radius 3 is 2.60 bits per heavy atom. The smallest absolute Gasteiger partial charge is 0.316 e. The third kappa shape index (κ3) is 6.11. The highest BCUT2D eigenvalue weighted by Gasteiger charge is 2.60. The lowest BCUT2D eigenvalue weighted by molar-refractivity contribution is -0.300. The van der Waals surface area contributed by atoms with Crippen LogP contribution in [0.5, 0.6) is 0 Å². The number of hydrogen-bond donors (Lipinski definition) is 2. The van der Waals surface area contributed by atoms with E-state index in [1.165, 1.54) is 0 Å². The monoisotopic (exact) mass is 598 g/mol. The van der Waals surface area contributed by atoms with E-state index in [0.717, 1.165) is 17.6 Å². The van der Waals surface area contributed by atoms with Gasteiger partial charge in [0.05, 0.1) is 24.9 Å². The predicted molar refractivity (Wildman–Crippen MR) is 163 cm³/mol. The van der Waals surface area contributed by atoms with Crippen LogP contribution in [-0.2, 0) is 28.5 Å². The fourth-order valence-electron chi connectivity index (χ4n) is 7.45. The van der Waals surface area contributed by atoms with E-state index in [1.54, 1.807) is 19.3 Å². The average molecular weight is 599 g/mol. The van der Waals surface area contributed by atoms with Crippen LogP contribution in [0.2, 0.25) is 0 Å². The second-order valence-corrected chi connectivity index (χ2v) is 13.4. The standard InChI is InChI=1S/C35H50O8/c1-8-20(2)30-23(5)14-15-34(43-30)18-27-17-26(42-34)13-12-22(4)29(36)21(3)10-9-11-25-19-40-32-31(39-7)24(6)16-28(33(37)41-27)35(25,32)38/h9-12,14-16,20-21,23,26-32,36,38H,8,13,17-19H2,1-7H3. The number of allylic oxidation sites excluding steroid dienone is 2. The van der Waals surface area contributed by atoms with Crippen molar-refractivity contribution in [2.45, 2.75) is 115 Å². The molecule has 0 radical (unpaired) electrons. The molecular weight excluding hydrogens is 548 g/mol. The molecule has 2 N–H and O–H groups in total. The molecule has 12 atom stereocenters. The van der Waals surface area contributed by atoms with Crippen molar-refractivity contribution >= 4 is 5.97 Å². The molecule has 0 amide bonds. The van der Waals surface area contributed by atoms with Crippen LogP contribution in [0.3, 0.4) is 0 Å². The molecular formula is C35H50O8. The van der Waals surface area contributed by atoms with Gasteiger partial charge in [-0.15, -0.1) is 0 Å². The first-order valence-electron chi connectivity index (χ1n) is 16.0. The number of methoxy groups -OCH3 is 1. The summed E-state index contributed by atoms with van der Waals surface area (Å²) in [6.45, 7) is 12.4. The Bertz CT molecular complexity index is 1200. The Morgan fingerprint density at radius 2 is 1.88 bits per heavy atom. The van der Waals surface area contributed by atoms with Gasteiger partial charge in [-0.25, -0.2) is 0 Å². The summed E-state index contributed by atoms with van der Waals surface area (Å²) in [5, 5.41) is 23.4. The molecule has 2 bridgehead atoms. The van der Waals surface area contributed by atoms with E-state index in [1.807, 2.05) is 45.1 Å². The van der Waals surface area contributed by atoms with Gasteiger partial charge in [-0.05, 0) is 49.0 Å². The van der Waals surface area contributed by atoms with Gasteiger partial charge in [0.2, 0.25) is 0 Å². The van der Waals surface area contributed by atoms with Crippen molar-refractivity contribution in [2.75, 3.05) is 13.7 Å². The van der Waals surface area contributed by atoms with Gasteiger partial charge in [0, 0.05) is 31.8 Å². The number of carbonyl (C=O) groups excluding carboxylic acids is 1. The maximum Gasteiger partial charge on any atom is 0.316 e. The Labute approximate surface area is 256 Å². The second-order valence-electron chi connectivity index (χ2n) is 13.4. The van der Waals surface area contributed by atoms with Gasteiger partial charge in [-0.3, -0.25) is 4.79 Å². The number of aliphatic hydroxyl groups is 2. The molecule has 0 aromatic rings. The highest BCUT2D eigenvalue weighted by atomic mass is 16.7. The van der Waals surface area contributed by atoms with Crippen LogP contribution in [0.1, 0.15) is 67.2 Å². The molecule has 1 aliphatic carbocycles. The minimum absolute atomic E-state index is 0.0330. The number of hydrogen-bond acceptors (Lipinski definition) is 8. The summed E-state index contributed by atoms with van der Waals surface area (Å²) in [5.74, 6) is -2.14. The second kappa shape index (κ2) is 12.7. The Hall–Kier alpha value is -2.07. The first-order valence-corrected chi connectivity index (χ1v) is 16.0. The number of ether oxygens (including phenoxy) is 5. The molecule has 1 spiro atoms. The summed E-state index contributed by atoms with van der Waals surface area (Å²) >= 11 is 0. The summed E-state index contributed by atoms with van der Waals surface area (Å²) in [7, 11) is 1.58. The zero-order chi connectivity index (χ0) is 31.1. The lowest BCUT2D eigenvalue weighted by atomic mass is 9.70. The molecule has 2 saturated heterocycles. The maximum absolute atomic E-state index is 14.1. The fraction of sp³-hybridized carbons (Fsp3) is 0.686. The van der Waals surface area contributed by atoms with Crippen molar-refractivity contribution in [3.63, 3.8) is 0 Å². The minimum Gasteiger partial charge on any atom is -0.462 e. The van der Waals surface area contributed by atoms with E-state index in [0.29, 0.717) is 30.8 Å². The van der Waals surface area contributed by atoms with Gasteiger partial charge >= 0.3 is 5.97 Å². The molecule has 8 heteroatoms. The first-order chi connectivity index (χ1) is 20.4. The van der Waals surface area contributed by atoms with E-state index in [4.69, 9.17) is 23.7 Å². The normalized spacial score (nSPS) is 44.3. The zero-order valence-electron chi connectivity index (χ0n) is 26.7. The fourth-order valence-corrected chi connectivity index (χ4v) is 7.45. The quantitative estimate of drug-likeness (QED) is 0.347. The molecule has 0 aromatic carbocycles. The van der Waals surface area contributed by atoms with Crippen molar-refractivity contribution < 1.29 is 38.7 Å². The van der Waals surface area contributed by atoms with Gasteiger partial charge in [0.25, 0.3) is 0 Å². The molecule has 5 aliphatic rings. The molecule has 5 rings (SSSR count). The van der Waals surface area contributed by atoms with Crippen LogP contribution in [0.15, 0.2) is 59.3 Å². The summed E-state index contributed by atoms with van der Waals surface area (Å²) in [5.41, 5.74) is 0.594. The van der Waals surface area contributed by atoms with Crippen molar-refractivity contribution in [3.05, 3.63) is 59.3 Å². The largest absolute Gasteiger partial charge is 0.462 e. The predicted octanol–water partition coefficient (Wildman–Crippen LogP) is 4.96. The third-order valence-electron chi connectivity index (χ3n) is 10.3. The van der Waals surface area contributed by atoms with Gasteiger partial charge in [-0.1, -0.05) is 70.6 Å². The van der Waals surface area contributed by atoms with Crippen LogP contribution in [0.25, 0.3) is 0 Å². The SMILES string of the molecule is CCC(C)C1OC2(C=CC1C)CC1CC(CC=C(C)C(O)C(C)C=CC=C3COC4C(OC)C(C)=CC(C(=O)O1)C34O)O2. The Balaban J connectivity index is 1.55. The number of esters is 1. The van der Waals surface area contributed by atoms with Crippen LogP contribution in [0, 0.1) is 23.7 Å². The molecule has 2 fully saturated rings. The summed E-state index contributed by atoms with van der Waals surface area (Å²) in [4.78, 5) is 14.1. The number of rotatable bonds is 3. The third-order valence-corrected chi connectivity index (χ3v) is 10.3. The Morgan fingerprint density at radius 1 is 1.12 bits per heavy atom. The van der Waals surface area contributed by atoms with Gasteiger partial charge in [0.1, 0.15) is 29.8 Å². The molecule has 12 unspecified atom stereocenters. The highest BCUT2D eigenvalue weighted by Crippen LogP contribution is 2.47. The minimum atomic E-state index is -1.64. The molecule has 4 aliphatic heterocycles. The van der Waals surface area contributed by atoms with Crippen molar-refractivity contribution in [3.8, 4) is 0 Å². The van der Waals surface area contributed by atoms with Crippen molar-refractivity contribution in [1.29, 1.82) is 0 Å². The first kappa shape index (κ1) is 32.3. The molecule has 4 heterocycles. The van der Waals surface area contributed by atoms with Gasteiger partial charge in [-0.2, -0.15) is 0 Å². The molecule has 238 valence electrons. The maximum atomic E-state index is 14.1. The van der Waals surface area contributed by atoms with E-state index < -0.39 is 47.7 Å². The van der Waals surface area contributed by atoms with Gasteiger partial charge in [0.15, 0.2) is 5.79 Å². The number of fused-ring (bicyclic) bond motifs is 2. The van der Waals surface area contributed by atoms with Crippen LogP contribution < -0.4 is 0 Å². The van der Waals surface area contributed by atoms with Crippen LogP contribution >= 0.6 is 0 Å². The van der Waals surface area contributed by atoms with E-state index in [9.17, 15) is 15.0 Å². The average Bonchev–Trinajstić information content (AvgIpc) is 3.31. The van der Waals surface area contributed by atoms with Crippen molar-refractivity contribution in [1.82, 2.24) is 0 Å². The lowest BCUT2D eigenvalue weighted by Gasteiger charge is -2.48. The highest BCUT2D eigenvalue weighted by molar-refractivity contribution is 5.78. The summed E-state index contributed by atoms with van der Waals surface area (Å²) < 4.78 is 31.5. The van der Waals surface area contributed by atoms with Crippen molar-refractivity contribution in [2.24, 2.45) is 23.7 Å².